The van der Waals surface area contributed by atoms with Gasteiger partial charge in [0.05, 0.1) is 58.8 Å². The summed E-state index contributed by atoms with van der Waals surface area (Å²) >= 11 is 0. The summed E-state index contributed by atoms with van der Waals surface area (Å²) in [6.45, 7) is 4.47. The van der Waals surface area contributed by atoms with Gasteiger partial charge in [0, 0.05) is 36.1 Å². The van der Waals surface area contributed by atoms with Crippen molar-refractivity contribution < 1.29 is 63.0 Å². The molecule has 15 nitrogen and oxygen atoms in total. The minimum absolute atomic E-state index is 0.00303. The lowest BCUT2D eigenvalue weighted by molar-refractivity contribution is -0.246. The molecule has 2 aromatic heterocycles. The summed E-state index contributed by atoms with van der Waals surface area (Å²) < 4.78 is 29.7. The van der Waals surface area contributed by atoms with E-state index in [1.54, 1.807) is 25.1 Å². The molecule has 0 spiro atoms. The quantitative estimate of drug-likeness (QED) is 0.190. The number of hydrogen-bond donors (Lipinski definition) is 5. The van der Waals surface area contributed by atoms with E-state index in [-0.39, 0.29) is 46.3 Å². The maximum Gasteiger partial charge on any atom is 0.344 e. The number of aliphatic carboxylic acids is 1. The number of carboxylic acid groups (broad SMARTS) is 1. The Bertz CT molecular complexity index is 2460. The van der Waals surface area contributed by atoms with Gasteiger partial charge in [0.15, 0.2) is 17.0 Å². The number of ether oxygens (including phenoxy) is 3. The van der Waals surface area contributed by atoms with Crippen LogP contribution in [0.3, 0.4) is 0 Å². The Balaban J connectivity index is 1.28. The predicted molar refractivity (Wildman–Crippen MR) is 177 cm³/mol. The van der Waals surface area contributed by atoms with Gasteiger partial charge in [-0.3, -0.25) is 19.2 Å². The van der Waals surface area contributed by atoms with Gasteiger partial charge >= 0.3 is 11.6 Å². The molecule has 0 amide bonds. The van der Waals surface area contributed by atoms with E-state index in [4.69, 9.17) is 23.0 Å². The molecule has 53 heavy (non-hydrogen) atoms. The molecule has 4 aromatic rings. The fourth-order valence-corrected chi connectivity index (χ4v) is 9.66. The number of fused-ring (bicyclic) bond motifs is 5. The van der Waals surface area contributed by atoms with E-state index in [1.165, 1.54) is 26.0 Å². The molecule has 2 aromatic carbocycles. The van der Waals surface area contributed by atoms with Crippen LogP contribution < -0.4 is 15.8 Å². The summed E-state index contributed by atoms with van der Waals surface area (Å²) in [5.41, 5.74) is -7.51. The summed E-state index contributed by atoms with van der Waals surface area (Å²) in [5, 5.41) is 56.4. The van der Waals surface area contributed by atoms with Gasteiger partial charge in [-0.05, 0) is 32.4 Å². The number of aromatic hydroxyl groups is 2. The first kappa shape index (κ1) is 33.5. The van der Waals surface area contributed by atoms with E-state index in [0.717, 1.165) is 0 Å². The van der Waals surface area contributed by atoms with Crippen LogP contribution in [0.2, 0.25) is 0 Å². The second-order valence-corrected chi connectivity index (χ2v) is 14.5. The number of phenols is 2. The van der Waals surface area contributed by atoms with Gasteiger partial charge in [-0.25, -0.2) is 4.79 Å². The first-order valence-electron chi connectivity index (χ1n) is 17.1. The highest BCUT2D eigenvalue weighted by Crippen LogP contribution is 2.63. The number of carbonyl (C=O) groups excluding carboxylic acids is 2. The van der Waals surface area contributed by atoms with Crippen LogP contribution >= 0.6 is 0 Å². The number of hydrogen-bond acceptors (Lipinski definition) is 14. The van der Waals surface area contributed by atoms with Crippen molar-refractivity contribution >= 4 is 28.5 Å². The lowest BCUT2D eigenvalue weighted by atomic mass is 9.52. The average Bonchev–Trinajstić information content (AvgIpc) is 3.07. The highest BCUT2D eigenvalue weighted by atomic mass is 16.6. The number of Topliss-reactive ketones (excluding diaryl/α,β-unsaturated/α-hetero) is 2. The van der Waals surface area contributed by atoms with Crippen molar-refractivity contribution in [2.75, 3.05) is 0 Å². The maximum absolute atomic E-state index is 15.2. The Morgan fingerprint density at radius 1 is 0.962 bits per heavy atom. The number of carboxylic acids is 1. The molecule has 10 rings (SSSR count). The van der Waals surface area contributed by atoms with Crippen molar-refractivity contribution in [3.05, 3.63) is 95.9 Å². The van der Waals surface area contributed by atoms with E-state index in [2.05, 4.69) is 0 Å². The molecule has 6 aliphatic rings. The number of benzene rings is 2. The molecule has 15 heteroatoms. The molecular weight excluding hydrogens is 696 g/mol. The standard InChI is InChI=1S/C38H32O15/c1-12-7-17(39)24-15(5-4-6-18(24)49-12)8-16-9-20-28(36(47)52-16)37-13(2)50-21(11-23(41)42)34(53-20)30(37)32(44)26-27(35(37)46)33(45)29-25(31(26)43)19-10-22(40)38(29,48)14(3)51-19/h4-7,9,13-14,19,21-22,30,34,40,43,45,48H,8,10-11H2,1-3H3,(H,41,42)/t13-,14+,19+,21-,22+,30+,34+,37-,38+/m0/s1. The van der Waals surface area contributed by atoms with Crippen molar-refractivity contribution in [3.8, 4) is 17.2 Å². The molecule has 9 atom stereocenters. The summed E-state index contributed by atoms with van der Waals surface area (Å²) in [7, 11) is 0. The van der Waals surface area contributed by atoms with Gasteiger partial charge in [-0.1, -0.05) is 12.1 Å². The second-order valence-electron chi connectivity index (χ2n) is 14.5. The number of phenolic OH excluding ortho intramolecular Hbond substituents is 2. The van der Waals surface area contributed by atoms with Crippen LogP contribution in [-0.4, -0.2) is 73.6 Å². The van der Waals surface area contributed by atoms with Crippen molar-refractivity contribution in [3.63, 3.8) is 0 Å². The highest BCUT2D eigenvalue weighted by molar-refractivity contribution is 6.24. The van der Waals surface area contributed by atoms with Crippen molar-refractivity contribution in [1.29, 1.82) is 0 Å². The monoisotopic (exact) mass is 728 g/mol. The molecule has 0 saturated carbocycles. The largest absolute Gasteiger partial charge is 0.507 e. The Labute approximate surface area is 297 Å². The molecule has 4 aliphatic heterocycles. The predicted octanol–water partition coefficient (Wildman–Crippen LogP) is 2.42. The normalized spacial score (nSPS) is 32.1. The van der Waals surface area contributed by atoms with Crippen LogP contribution in [0.5, 0.6) is 17.2 Å². The molecule has 4 bridgehead atoms. The van der Waals surface area contributed by atoms with Gasteiger partial charge in [-0.15, -0.1) is 0 Å². The summed E-state index contributed by atoms with van der Waals surface area (Å²) in [5.74, 6) is -6.37. The van der Waals surface area contributed by atoms with E-state index in [9.17, 15) is 44.7 Å². The fraction of sp³-hybridized carbons (Fsp3) is 0.395. The van der Waals surface area contributed by atoms with Gasteiger partial charge in [0.2, 0.25) is 0 Å². The second kappa shape index (κ2) is 10.9. The fourth-order valence-electron chi connectivity index (χ4n) is 9.66. The minimum Gasteiger partial charge on any atom is -0.507 e. The first-order chi connectivity index (χ1) is 25.1. The topological polar surface area (TPSA) is 240 Å². The Morgan fingerprint density at radius 3 is 2.43 bits per heavy atom. The van der Waals surface area contributed by atoms with E-state index >= 15 is 4.79 Å². The van der Waals surface area contributed by atoms with Crippen LogP contribution in [0.1, 0.15) is 87.3 Å². The summed E-state index contributed by atoms with van der Waals surface area (Å²) in [6, 6.07) is 7.59. The zero-order valence-corrected chi connectivity index (χ0v) is 28.4. The summed E-state index contributed by atoms with van der Waals surface area (Å²) in [4.78, 5) is 69.3. The molecule has 2 aliphatic carbocycles. The number of aryl methyl sites for hydroxylation is 1. The average molecular weight is 729 g/mol. The zero-order chi connectivity index (χ0) is 37.6. The Hall–Kier alpha value is -5.35. The smallest absolute Gasteiger partial charge is 0.344 e. The lowest BCUT2D eigenvalue weighted by Gasteiger charge is -2.57. The zero-order valence-electron chi connectivity index (χ0n) is 28.4. The van der Waals surface area contributed by atoms with Crippen LogP contribution in [0.25, 0.3) is 11.0 Å². The van der Waals surface area contributed by atoms with E-state index in [0.29, 0.717) is 16.9 Å². The molecule has 5 N–H and O–H groups in total. The molecule has 0 radical (unpaired) electrons. The minimum atomic E-state index is -2.29. The number of aliphatic hydroxyl groups excluding tert-OH is 1. The van der Waals surface area contributed by atoms with E-state index < -0.39 is 111 Å². The molecule has 2 fully saturated rings. The Morgan fingerprint density at radius 2 is 1.72 bits per heavy atom. The SMILES string of the molecule is Cc1cc(=O)c2c(Cc3cc4c(c(=O)o3)[C@]35C(=O)c6c(O)c7c(c(O)c6C(=O)[C@@H]3[C@H](O4)[C@H](CC(=O)O)O[C@H]5C)[C@H]3C[C@@H](O)[C@]7(O)[C@@H](C)O3)cccc2o1. The van der Waals surface area contributed by atoms with Crippen LogP contribution in [-0.2, 0) is 31.7 Å². The lowest BCUT2D eigenvalue weighted by Crippen LogP contribution is -2.71. The third kappa shape index (κ3) is 4.10. The van der Waals surface area contributed by atoms with Gasteiger partial charge < -0.3 is 48.6 Å². The van der Waals surface area contributed by atoms with Gasteiger partial charge in [0.1, 0.15) is 57.6 Å². The highest BCUT2D eigenvalue weighted by Gasteiger charge is 2.72. The van der Waals surface area contributed by atoms with Crippen LogP contribution in [0, 0.1) is 12.8 Å². The molecule has 274 valence electrons. The van der Waals surface area contributed by atoms with Crippen LogP contribution in [0.15, 0.2) is 48.8 Å². The molecular formula is C38H32O15. The third-order valence-electron chi connectivity index (χ3n) is 11.8. The van der Waals surface area contributed by atoms with Crippen molar-refractivity contribution in [1.82, 2.24) is 0 Å². The van der Waals surface area contributed by atoms with Crippen molar-refractivity contribution in [2.45, 2.75) is 87.7 Å². The first-order valence-corrected chi connectivity index (χ1v) is 17.1. The molecule has 0 unspecified atom stereocenters. The number of carbonyl (C=O) groups is 3. The number of aliphatic hydroxyl groups is 2. The van der Waals surface area contributed by atoms with E-state index in [1.807, 2.05) is 0 Å². The van der Waals surface area contributed by atoms with Crippen molar-refractivity contribution in [2.24, 2.45) is 5.92 Å². The Kier molecular flexibility index (Phi) is 6.86. The third-order valence-corrected chi connectivity index (χ3v) is 11.8. The molecule has 6 heterocycles. The number of rotatable bonds is 4. The number of ketones is 2. The van der Waals surface area contributed by atoms with Crippen LogP contribution in [0.4, 0.5) is 0 Å². The maximum atomic E-state index is 15.2. The van der Waals surface area contributed by atoms with Gasteiger partial charge in [0.25, 0.3) is 0 Å². The van der Waals surface area contributed by atoms with Gasteiger partial charge in [-0.2, -0.15) is 0 Å². The molecule has 2 saturated heterocycles. The summed E-state index contributed by atoms with van der Waals surface area (Å²) in [6.07, 6.45) is -8.81.